The summed E-state index contributed by atoms with van der Waals surface area (Å²) in [6, 6.07) is 4.16. The van der Waals surface area contributed by atoms with E-state index in [1.165, 1.54) is 12.1 Å². The summed E-state index contributed by atoms with van der Waals surface area (Å²) in [5.74, 6) is -0.309. The molecule has 84 valence electrons. The summed E-state index contributed by atoms with van der Waals surface area (Å²) in [4.78, 5) is 0. The van der Waals surface area contributed by atoms with Crippen LogP contribution in [-0.4, -0.2) is 6.04 Å². The van der Waals surface area contributed by atoms with Gasteiger partial charge in [-0.25, -0.2) is 4.39 Å². The fourth-order valence-electron chi connectivity index (χ4n) is 1.40. The molecule has 15 heavy (non-hydrogen) atoms. The molecule has 0 saturated carbocycles. The highest BCUT2D eigenvalue weighted by Gasteiger charge is 2.12. The third kappa shape index (κ3) is 3.78. The van der Waals surface area contributed by atoms with E-state index in [1.54, 1.807) is 6.07 Å². The van der Waals surface area contributed by atoms with Gasteiger partial charge in [-0.2, -0.15) is 0 Å². The predicted molar refractivity (Wildman–Crippen MR) is 61.2 cm³/mol. The van der Waals surface area contributed by atoms with Gasteiger partial charge in [0.25, 0.3) is 0 Å². The molecule has 2 nitrogen and oxygen atoms in total. The Morgan fingerprint density at radius 1 is 1.33 bits per heavy atom. The molecule has 0 aromatic heterocycles. The molecule has 1 rings (SSSR count). The Hall–Kier alpha value is -0.640. The minimum Gasteiger partial charge on any atom is -0.328 e. The number of rotatable bonds is 4. The van der Waals surface area contributed by atoms with Crippen LogP contribution in [0.1, 0.15) is 31.4 Å². The lowest BCUT2D eigenvalue weighted by Gasteiger charge is -2.14. The van der Waals surface area contributed by atoms with Crippen molar-refractivity contribution in [1.82, 2.24) is 0 Å². The molecule has 0 fully saturated rings. The maximum absolute atomic E-state index is 13.4. The van der Waals surface area contributed by atoms with Crippen LogP contribution >= 0.6 is 11.6 Å². The molecule has 0 heterocycles. The minimum atomic E-state index is -0.338. The SMILES string of the molecule is CC(N)CCC(N)c1cc(Cl)ccc1F. The molecule has 1 aromatic carbocycles. The Morgan fingerprint density at radius 2 is 2.00 bits per heavy atom. The third-order valence-corrected chi connectivity index (χ3v) is 2.53. The first kappa shape index (κ1) is 12.4. The molecule has 0 aliphatic carbocycles. The average molecular weight is 231 g/mol. The van der Waals surface area contributed by atoms with Crippen LogP contribution in [-0.2, 0) is 0 Å². The fraction of sp³-hybridized carbons (Fsp3) is 0.455. The fourth-order valence-corrected chi connectivity index (χ4v) is 1.58. The predicted octanol–water partition coefficient (Wildman–Crippen LogP) is 2.61. The maximum Gasteiger partial charge on any atom is 0.128 e. The van der Waals surface area contributed by atoms with Crippen molar-refractivity contribution in [3.8, 4) is 0 Å². The first-order chi connectivity index (χ1) is 7.00. The highest BCUT2D eigenvalue weighted by Crippen LogP contribution is 2.23. The van der Waals surface area contributed by atoms with Crippen molar-refractivity contribution in [3.05, 3.63) is 34.6 Å². The van der Waals surface area contributed by atoms with Crippen molar-refractivity contribution in [1.29, 1.82) is 0 Å². The molecule has 0 spiro atoms. The second-order valence-corrected chi connectivity index (χ2v) is 4.26. The summed E-state index contributed by atoms with van der Waals surface area (Å²) in [5, 5.41) is 0.502. The number of halogens is 2. The molecule has 0 saturated heterocycles. The smallest absolute Gasteiger partial charge is 0.128 e. The van der Waals surface area contributed by atoms with E-state index >= 15 is 0 Å². The van der Waals surface area contributed by atoms with Gasteiger partial charge < -0.3 is 11.5 Å². The van der Waals surface area contributed by atoms with E-state index in [0.717, 1.165) is 6.42 Å². The van der Waals surface area contributed by atoms with Crippen molar-refractivity contribution in [2.75, 3.05) is 0 Å². The van der Waals surface area contributed by atoms with E-state index in [1.807, 2.05) is 6.92 Å². The topological polar surface area (TPSA) is 52.0 Å². The van der Waals surface area contributed by atoms with E-state index in [-0.39, 0.29) is 17.9 Å². The Balaban J connectivity index is 2.72. The zero-order chi connectivity index (χ0) is 11.4. The summed E-state index contributed by atoms with van der Waals surface area (Å²) >= 11 is 5.78. The van der Waals surface area contributed by atoms with Crippen molar-refractivity contribution in [2.24, 2.45) is 11.5 Å². The molecule has 2 atom stereocenters. The molecule has 4 N–H and O–H groups in total. The van der Waals surface area contributed by atoms with Crippen LogP contribution < -0.4 is 11.5 Å². The van der Waals surface area contributed by atoms with Gasteiger partial charge in [0.2, 0.25) is 0 Å². The van der Waals surface area contributed by atoms with E-state index < -0.39 is 0 Å². The van der Waals surface area contributed by atoms with Gasteiger partial charge in [-0.1, -0.05) is 11.6 Å². The lowest BCUT2D eigenvalue weighted by molar-refractivity contribution is 0.524. The van der Waals surface area contributed by atoms with Gasteiger partial charge in [0, 0.05) is 22.7 Å². The first-order valence-corrected chi connectivity index (χ1v) is 5.34. The van der Waals surface area contributed by atoms with Crippen LogP contribution in [0.2, 0.25) is 5.02 Å². The summed E-state index contributed by atoms with van der Waals surface area (Å²) in [6.45, 7) is 1.90. The van der Waals surface area contributed by atoms with Gasteiger partial charge in [0.05, 0.1) is 0 Å². The highest BCUT2D eigenvalue weighted by atomic mass is 35.5. The summed E-state index contributed by atoms with van der Waals surface area (Å²) in [5.41, 5.74) is 11.9. The Bertz CT molecular complexity index is 328. The molecule has 0 bridgehead atoms. The molecular formula is C11H16ClFN2. The second kappa shape index (κ2) is 5.45. The molecule has 4 heteroatoms. The van der Waals surface area contributed by atoms with Crippen LogP contribution in [0.3, 0.4) is 0 Å². The molecule has 2 unspecified atom stereocenters. The average Bonchev–Trinajstić information content (AvgIpc) is 2.18. The standard InChI is InChI=1S/C11H16ClFN2/c1-7(14)2-5-11(15)9-6-8(12)3-4-10(9)13/h3-4,6-7,11H,2,5,14-15H2,1H3. The lowest BCUT2D eigenvalue weighted by atomic mass is 10.0. The van der Waals surface area contributed by atoms with Crippen LogP contribution in [0.4, 0.5) is 4.39 Å². The van der Waals surface area contributed by atoms with Crippen LogP contribution in [0, 0.1) is 5.82 Å². The van der Waals surface area contributed by atoms with Gasteiger partial charge >= 0.3 is 0 Å². The number of benzene rings is 1. The molecule has 0 aliphatic heterocycles. The van der Waals surface area contributed by atoms with Crippen molar-refractivity contribution in [2.45, 2.75) is 31.8 Å². The quantitative estimate of drug-likeness (QED) is 0.836. The number of hydrogen-bond donors (Lipinski definition) is 2. The molecule has 0 radical (unpaired) electrons. The van der Waals surface area contributed by atoms with Gasteiger partial charge in [0.1, 0.15) is 5.82 Å². The van der Waals surface area contributed by atoms with E-state index in [0.29, 0.717) is 17.0 Å². The first-order valence-electron chi connectivity index (χ1n) is 4.97. The maximum atomic E-state index is 13.4. The van der Waals surface area contributed by atoms with Gasteiger partial charge in [-0.05, 0) is 38.0 Å². The number of nitrogens with two attached hydrogens (primary N) is 2. The van der Waals surface area contributed by atoms with Crippen molar-refractivity contribution in [3.63, 3.8) is 0 Å². The molecule has 0 amide bonds. The Morgan fingerprint density at radius 3 is 2.60 bits per heavy atom. The van der Waals surface area contributed by atoms with E-state index in [9.17, 15) is 4.39 Å². The Labute approximate surface area is 94.4 Å². The van der Waals surface area contributed by atoms with E-state index in [2.05, 4.69) is 0 Å². The summed E-state index contributed by atoms with van der Waals surface area (Å²) in [6.07, 6.45) is 1.43. The van der Waals surface area contributed by atoms with Crippen molar-refractivity contribution >= 4 is 11.6 Å². The number of hydrogen-bond acceptors (Lipinski definition) is 2. The van der Waals surface area contributed by atoms with Crippen LogP contribution in [0.15, 0.2) is 18.2 Å². The Kier molecular flexibility index (Phi) is 4.51. The molecule has 0 aliphatic rings. The van der Waals surface area contributed by atoms with Gasteiger partial charge in [0.15, 0.2) is 0 Å². The lowest BCUT2D eigenvalue weighted by Crippen LogP contribution is -2.19. The van der Waals surface area contributed by atoms with E-state index in [4.69, 9.17) is 23.1 Å². The third-order valence-electron chi connectivity index (χ3n) is 2.29. The normalized spacial score (nSPS) is 15.0. The van der Waals surface area contributed by atoms with Gasteiger partial charge in [-0.3, -0.25) is 0 Å². The zero-order valence-corrected chi connectivity index (χ0v) is 9.47. The minimum absolute atomic E-state index is 0.0818. The molecule has 1 aromatic rings. The molecular weight excluding hydrogens is 215 g/mol. The van der Waals surface area contributed by atoms with Crippen molar-refractivity contribution < 1.29 is 4.39 Å². The second-order valence-electron chi connectivity index (χ2n) is 3.83. The largest absolute Gasteiger partial charge is 0.328 e. The van der Waals surface area contributed by atoms with Gasteiger partial charge in [-0.15, -0.1) is 0 Å². The summed E-state index contributed by atoms with van der Waals surface area (Å²) < 4.78 is 13.4. The van der Waals surface area contributed by atoms with Crippen LogP contribution in [0.25, 0.3) is 0 Å². The zero-order valence-electron chi connectivity index (χ0n) is 8.71. The summed E-state index contributed by atoms with van der Waals surface area (Å²) in [7, 11) is 0. The highest BCUT2D eigenvalue weighted by molar-refractivity contribution is 6.30. The van der Waals surface area contributed by atoms with Crippen LogP contribution in [0.5, 0.6) is 0 Å². The monoisotopic (exact) mass is 230 g/mol.